The van der Waals surface area contributed by atoms with Crippen molar-refractivity contribution in [2.24, 2.45) is 5.92 Å². The summed E-state index contributed by atoms with van der Waals surface area (Å²) >= 11 is 0. The Balaban J connectivity index is 2.61. The van der Waals surface area contributed by atoms with Crippen LogP contribution in [0.15, 0.2) is 35.5 Å². The molecule has 0 spiro atoms. The number of nitriles is 1. The molecule has 1 N–H and O–H groups in total. The van der Waals surface area contributed by atoms with Crippen LogP contribution < -0.4 is 5.32 Å². The van der Waals surface area contributed by atoms with E-state index in [1.165, 1.54) is 31.2 Å². The van der Waals surface area contributed by atoms with Gasteiger partial charge in [0.2, 0.25) is 5.91 Å². The molecule has 2 rings (SSSR count). The van der Waals surface area contributed by atoms with Crippen LogP contribution >= 0.6 is 0 Å². The summed E-state index contributed by atoms with van der Waals surface area (Å²) in [6.45, 7) is 3.01. The molecule has 2 atom stereocenters. The van der Waals surface area contributed by atoms with E-state index in [0.29, 0.717) is 16.8 Å². The van der Waals surface area contributed by atoms with E-state index < -0.39 is 23.6 Å². The fraction of sp³-hybridized carbons (Fsp3) is 0.267. The highest BCUT2D eigenvalue weighted by Gasteiger charge is 2.39. The predicted octanol–water partition coefficient (Wildman–Crippen LogP) is 2.04. The van der Waals surface area contributed by atoms with Gasteiger partial charge in [0.05, 0.1) is 6.07 Å². The van der Waals surface area contributed by atoms with Gasteiger partial charge >= 0.3 is 0 Å². The molecule has 102 valence electrons. The molecule has 1 aliphatic heterocycles. The molecule has 0 fully saturated rings. The van der Waals surface area contributed by atoms with Crippen LogP contribution in [0.2, 0.25) is 0 Å². The summed E-state index contributed by atoms with van der Waals surface area (Å²) in [6.07, 6.45) is 0. The lowest BCUT2D eigenvalue weighted by atomic mass is 9.76. The van der Waals surface area contributed by atoms with Gasteiger partial charge in [-0.3, -0.25) is 9.59 Å². The third-order valence-corrected chi connectivity index (χ3v) is 3.39. The van der Waals surface area contributed by atoms with E-state index in [9.17, 15) is 19.2 Å². The molecule has 0 aliphatic carbocycles. The molecule has 20 heavy (non-hydrogen) atoms. The first kappa shape index (κ1) is 13.9. The van der Waals surface area contributed by atoms with Crippen LogP contribution in [0.25, 0.3) is 0 Å². The van der Waals surface area contributed by atoms with Gasteiger partial charge in [-0.15, -0.1) is 0 Å². The van der Waals surface area contributed by atoms with Crippen LogP contribution in [0.1, 0.15) is 25.3 Å². The molecule has 2 unspecified atom stereocenters. The average molecular weight is 272 g/mol. The van der Waals surface area contributed by atoms with Crippen molar-refractivity contribution in [3.63, 3.8) is 0 Å². The second kappa shape index (κ2) is 5.25. The van der Waals surface area contributed by atoms with Crippen LogP contribution in [0.5, 0.6) is 0 Å². The Labute approximate surface area is 115 Å². The number of carbonyl (C=O) groups is 2. The number of ketones is 1. The summed E-state index contributed by atoms with van der Waals surface area (Å²) in [5.74, 6) is -2.72. The Kier molecular flexibility index (Phi) is 3.66. The van der Waals surface area contributed by atoms with E-state index >= 15 is 0 Å². The molecule has 5 heteroatoms. The number of hydrogen-bond donors (Lipinski definition) is 1. The van der Waals surface area contributed by atoms with Gasteiger partial charge in [-0.1, -0.05) is 12.1 Å². The lowest BCUT2D eigenvalue weighted by Gasteiger charge is -2.30. The second-order valence-electron chi connectivity index (χ2n) is 4.72. The van der Waals surface area contributed by atoms with Crippen molar-refractivity contribution in [2.75, 3.05) is 0 Å². The minimum atomic E-state index is -0.997. The molecule has 0 saturated heterocycles. The van der Waals surface area contributed by atoms with Gasteiger partial charge in [0.25, 0.3) is 0 Å². The number of Topliss-reactive ketones (excluding diaryl/α,β-unsaturated/α-hetero) is 1. The van der Waals surface area contributed by atoms with Gasteiger partial charge in [-0.25, -0.2) is 4.39 Å². The zero-order valence-corrected chi connectivity index (χ0v) is 11.1. The van der Waals surface area contributed by atoms with Gasteiger partial charge in [0.1, 0.15) is 11.7 Å². The van der Waals surface area contributed by atoms with Crippen molar-refractivity contribution in [1.29, 1.82) is 5.26 Å². The van der Waals surface area contributed by atoms with E-state index in [1.54, 1.807) is 6.92 Å². The highest BCUT2D eigenvalue weighted by molar-refractivity contribution is 6.00. The van der Waals surface area contributed by atoms with Crippen LogP contribution in [0.3, 0.4) is 0 Å². The van der Waals surface area contributed by atoms with Gasteiger partial charge in [0.15, 0.2) is 5.78 Å². The first-order valence-electron chi connectivity index (χ1n) is 6.13. The van der Waals surface area contributed by atoms with Crippen molar-refractivity contribution in [2.45, 2.75) is 19.8 Å². The SMILES string of the molecule is CC(=O)C1=C(C)NC(=O)C(C#N)C1c1ccc(F)cc1. The molecule has 4 nitrogen and oxygen atoms in total. The number of benzene rings is 1. The molecular formula is C15H13FN2O2. The molecule has 0 radical (unpaired) electrons. The maximum absolute atomic E-state index is 13.0. The summed E-state index contributed by atoms with van der Waals surface area (Å²) in [5.41, 5.74) is 1.42. The maximum Gasteiger partial charge on any atom is 0.242 e. The van der Waals surface area contributed by atoms with E-state index in [-0.39, 0.29) is 5.78 Å². The van der Waals surface area contributed by atoms with Crippen molar-refractivity contribution in [1.82, 2.24) is 5.32 Å². The minimum absolute atomic E-state index is 0.211. The Morgan fingerprint density at radius 1 is 1.35 bits per heavy atom. The summed E-state index contributed by atoms with van der Waals surface area (Å²) in [7, 11) is 0. The minimum Gasteiger partial charge on any atom is -0.328 e. The summed E-state index contributed by atoms with van der Waals surface area (Å²) < 4.78 is 13.0. The monoisotopic (exact) mass is 272 g/mol. The molecule has 0 aromatic heterocycles. The number of halogens is 1. The van der Waals surface area contributed by atoms with Crippen molar-refractivity contribution >= 4 is 11.7 Å². The van der Waals surface area contributed by atoms with Crippen LogP contribution in [-0.4, -0.2) is 11.7 Å². The lowest BCUT2D eigenvalue weighted by molar-refractivity contribution is -0.123. The second-order valence-corrected chi connectivity index (χ2v) is 4.72. The number of allylic oxidation sites excluding steroid dienone is 2. The van der Waals surface area contributed by atoms with E-state index in [0.717, 1.165) is 0 Å². The van der Waals surface area contributed by atoms with E-state index in [4.69, 9.17) is 0 Å². The summed E-state index contributed by atoms with van der Waals surface area (Å²) in [5, 5.41) is 11.8. The molecule has 1 amide bonds. The fourth-order valence-corrected chi connectivity index (χ4v) is 2.53. The third kappa shape index (κ3) is 2.32. The zero-order valence-electron chi connectivity index (χ0n) is 11.1. The molecule has 1 aliphatic rings. The first-order valence-corrected chi connectivity index (χ1v) is 6.13. The zero-order chi connectivity index (χ0) is 14.9. The van der Waals surface area contributed by atoms with Gasteiger partial charge in [-0.2, -0.15) is 5.26 Å². The molecule has 1 aromatic carbocycles. The first-order chi connectivity index (χ1) is 9.45. The molecule has 0 bridgehead atoms. The maximum atomic E-state index is 13.0. The van der Waals surface area contributed by atoms with Crippen molar-refractivity contribution in [3.05, 3.63) is 46.9 Å². The van der Waals surface area contributed by atoms with Gasteiger partial charge in [0, 0.05) is 17.2 Å². The van der Waals surface area contributed by atoms with Crippen molar-refractivity contribution < 1.29 is 14.0 Å². The smallest absolute Gasteiger partial charge is 0.242 e. The Morgan fingerprint density at radius 2 is 1.95 bits per heavy atom. The normalized spacial score (nSPS) is 22.2. The van der Waals surface area contributed by atoms with Gasteiger partial charge in [-0.05, 0) is 31.5 Å². The molecule has 0 saturated carbocycles. The standard InChI is InChI=1S/C15H13FN2O2/c1-8-13(9(2)19)14(12(7-17)15(20)18-8)10-3-5-11(16)6-4-10/h3-6,12,14H,1-2H3,(H,18,20). The largest absolute Gasteiger partial charge is 0.328 e. The topological polar surface area (TPSA) is 70.0 Å². The molecule has 1 heterocycles. The number of nitrogens with one attached hydrogen (secondary N) is 1. The van der Waals surface area contributed by atoms with Crippen LogP contribution in [0.4, 0.5) is 4.39 Å². The number of nitrogens with zero attached hydrogens (tertiary/aromatic N) is 1. The third-order valence-electron chi connectivity index (χ3n) is 3.39. The number of amides is 1. The molecular weight excluding hydrogens is 259 g/mol. The van der Waals surface area contributed by atoms with Crippen LogP contribution in [-0.2, 0) is 9.59 Å². The Hall–Kier alpha value is -2.48. The fourth-order valence-electron chi connectivity index (χ4n) is 2.53. The highest BCUT2D eigenvalue weighted by Crippen LogP contribution is 2.37. The Bertz CT molecular complexity index is 641. The lowest BCUT2D eigenvalue weighted by Crippen LogP contribution is -2.40. The predicted molar refractivity (Wildman–Crippen MR) is 69.8 cm³/mol. The van der Waals surface area contributed by atoms with E-state index in [1.807, 2.05) is 6.07 Å². The quantitative estimate of drug-likeness (QED) is 0.895. The van der Waals surface area contributed by atoms with Crippen LogP contribution in [0, 0.1) is 23.1 Å². The molecule has 1 aromatic rings. The summed E-state index contributed by atoms with van der Waals surface area (Å²) in [4.78, 5) is 23.7. The average Bonchev–Trinajstić information content (AvgIpc) is 2.38. The number of carbonyl (C=O) groups excluding carboxylic acids is 2. The number of rotatable bonds is 2. The van der Waals surface area contributed by atoms with E-state index in [2.05, 4.69) is 5.32 Å². The van der Waals surface area contributed by atoms with Gasteiger partial charge < -0.3 is 5.32 Å². The number of hydrogen-bond acceptors (Lipinski definition) is 3. The Morgan fingerprint density at radius 3 is 2.45 bits per heavy atom. The van der Waals surface area contributed by atoms with Crippen molar-refractivity contribution in [3.8, 4) is 6.07 Å². The summed E-state index contributed by atoms with van der Waals surface area (Å²) in [6, 6.07) is 7.44. The highest BCUT2D eigenvalue weighted by atomic mass is 19.1.